The molecule has 0 aliphatic heterocycles. The van der Waals surface area contributed by atoms with Crippen molar-refractivity contribution in [2.45, 2.75) is 37.8 Å². The van der Waals surface area contributed by atoms with Gasteiger partial charge >= 0.3 is 6.03 Å². The van der Waals surface area contributed by atoms with Crippen molar-refractivity contribution in [1.82, 2.24) is 10.3 Å². The Morgan fingerprint density at radius 1 is 1.33 bits per heavy atom. The molecule has 1 heterocycles. The summed E-state index contributed by atoms with van der Waals surface area (Å²) in [5, 5.41) is 15.4. The third-order valence-electron chi connectivity index (χ3n) is 2.99. The summed E-state index contributed by atoms with van der Waals surface area (Å²) < 4.78 is 0. The first-order valence-electron chi connectivity index (χ1n) is 5.99. The predicted octanol–water partition coefficient (Wildman–Crippen LogP) is 2.16. The monoisotopic (exact) mass is 269 g/mol. The van der Waals surface area contributed by atoms with E-state index in [1.165, 1.54) is 12.4 Å². The molecule has 0 spiro atoms. The average molecular weight is 270 g/mol. The molecule has 0 unspecified atom stereocenters. The van der Waals surface area contributed by atoms with Crippen molar-refractivity contribution in [2.75, 3.05) is 5.32 Å². The van der Waals surface area contributed by atoms with Crippen molar-refractivity contribution in [3.05, 3.63) is 23.5 Å². The number of aromatic nitrogens is 1. The summed E-state index contributed by atoms with van der Waals surface area (Å²) in [6, 6.07) is 1.50. The second-order valence-electron chi connectivity index (χ2n) is 4.50. The van der Waals surface area contributed by atoms with Crippen LogP contribution in [0, 0.1) is 0 Å². The van der Waals surface area contributed by atoms with Crippen LogP contribution in [0.5, 0.6) is 0 Å². The molecule has 5 nitrogen and oxygen atoms in total. The molecule has 1 fully saturated rings. The quantitative estimate of drug-likeness (QED) is 0.770. The van der Waals surface area contributed by atoms with Gasteiger partial charge in [-0.1, -0.05) is 11.6 Å². The molecule has 3 N–H and O–H groups in total. The number of amides is 2. The SMILES string of the molecule is O=C(Nc1cncc(Cl)c1)NC1CCC(O)CC1. The summed E-state index contributed by atoms with van der Waals surface area (Å²) in [7, 11) is 0. The predicted molar refractivity (Wildman–Crippen MR) is 69.7 cm³/mol. The van der Waals surface area contributed by atoms with Crippen LogP contribution in [0.25, 0.3) is 0 Å². The summed E-state index contributed by atoms with van der Waals surface area (Å²) in [5.41, 5.74) is 0.566. The first-order chi connectivity index (χ1) is 8.63. The lowest BCUT2D eigenvalue weighted by atomic mass is 9.93. The number of rotatable bonds is 2. The smallest absolute Gasteiger partial charge is 0.319 e. The van der Waals surface area contributed by atoms with E-state index in [2.05, 4.69) is 15.6 Å². The van der Waals surface area contributed by atoms with Gasteiger partial charge in [0.15, 0.2) is 0 Å². The van der Waals surface area contributed by atoms with Crippen LogP contribution in [0.2, 0.25) is 5.02 Å². The van der Waals surface area contributed by atoms with E-state index in [-0.39, 0.29) is 18.2 Å². The number of halogens is 1. The molecule has 0 atom stereocenters. The van der Waals surface area contributed by atoms with E-state index in [1.807, 2.05) is 0 Å². The number of aliphatic hydroxyl groups excluding tert-OH is 1. The van der Waals surface area contributed by atoms with Gasteiger partial charge in [-0.15, -0.1) is 0 Å². The molecule has 2 amide bonds. The maximum absolute atomic E-state index is 11.7. The summed E-state index contributed by atoms with van der Waals surface area (Å²) in [6.45, 7) is 0. The number of carbonyl (C=O) groups is 1. The molecule has 2 rings (SSSR count). The molecule has 18 heavy (non-hydrogen) atoms. The van der Waals surface area contributed by atoms with Gasteiger partial charge in [0, 0.05) is 12.2 Å². The highest BCUT2D eigenvalue weighted by atomic mass is 35.5. The Hall–Kier alpha value is -1.33. The van der Waals surface area contributed by atoms with Gasteiger partial charge in [0.1, 0.15) is 0 Å². The van der Waals surface area contributed by atoms with Crippen molar-refractivity contribution in [3.8, 4) is 0 Å². The van der Waals surface area contributed by atoms with Gasteiger partial charge in [0.25, 0.3) is 0 Å². The van der Waals surface area contributed by atoms with Crippen LogP contribution in [0.3, 0.4) is 0 Å². The molecule has 6 heteroatoms. The fourth-order valence-corrected chi connectivity index (χ4v) is 2.23. The Morgan fingerprint density at radius 2 is 2.06 bits per heavy atom. The molecular formula is C12H16ClN3O2. The van der Waals surface area contributed by atoms with Crippen molar-refractivity contribution < 1.29 is 9.90 Å². The maximum atomic E-state index is 11.7. The van der Waals surface area contributed by atoms with E-state index in [0.717, 1.165) is 25.7 Å². The minimum Gasteiger partial charge on any atom is -0.393 e. The number of nitrogens with zero attached hydrogens (tertiary/aromatic N) is 1. The lowest BCUT2D eigenvalue weighted by Crippen LogP contribution is -2.40. The van der Waals surface area contributed by atoms with Gasteiger partial charge in [0.2, 0.25) is 0 Å². The van der Waals surface area contributed by atoms with Crippen LogP contribution in [-0.2, 0) is 0 Å². The van der Waals surface area contributed by atoms with Crippen molar-refractivity contribution in [2.24, 2.45) is 0 Å². The van der Waals surface area contributed by atoms with Gasteiger partial charge in [-0.25, -0.2) is 4.79 Å². The summed E-state index contributed by atoms with van der Waals surface area (Å²) in [5.74, 6) is 0. The summed E-state index contributed by atoms with van der Waals surface area (Å²) >= 11 is 5.77. The van der Waals surface area contributed by atoms with E-state index < -0.39 is 0 Å². The number of nitrogens with one attached hydrogen (secondary N) is 2. The van der Waals surface area contributed by atoms with Crippen LogP contribution in [0.4, 0.5) is 10.5 Å². The van der Waals surface area contributed by atoms with Gasteiger partial charge in [-0.3, -0.25) is 4.98 Å². The van der Waals surface area contributed by atoms with Crippen LogP contribution in [-0.4, -0.2) is 28.3 Å². The molecule has 0 aromatic carbocycles. The Kier molecular flexibility index (Phi) is 4.38. The van der Waals surface area contributed by atoms with Gasteiger partial charge in [0.05, 0.1) is 23.0 Å². The number of aliphatic hydroxyl groups is 1. The van der Waals surface area contributed by atoms with Gasteiger partial charge < -0.3 is 15.7 Å². The third kappa shape index (κ3) is 3.85. The maximum Gasteiger partial charge on any atom is 0.319 e. The molecule has 1 aromatic heterocycles. The Morgan fingerprint density at radius 3 is 2.72 bits per heavy atom. The fraction of sp³-hybridized carbons (Fsp3) is 0.500. The van der Waals surface area contributed by atoms with E-state index in [0.29, 0.717) is 10.7 Å². The number of urea groups is 1. The van der Waals surface area contributed by atoms with Crippen molar-refractivity contribution in [1.29, 1.82) is 0 Å². The van der Waals surface area contributed by atoms with E-state index in [9.17, 15) is 9.90 Å². The van der Waals surface area contributed by atoms with Crippen LogP contribution >= 0.6 is 11.6 Å². The number of anilines is 1. The van der Waals surface area contributed by atoms with Crippen LogP contribution in [0.1, 0.15) is 25.7 Å². The summed E-state index contributed by atoms with van der Waals surface area (Å²) in [6.07, 6.45) is 5.92. The normalized spacial score (nSPS) is 23.4. The minimum absolute atomic E-state index is 0.126. The number of hydrogen-bond acceptors (Lipinski definition) is 3. The molecule has 1 aliphatic rings. The topological polar surface area (TPSA) is 74.2 Å². The van der Waals surface area contributed by atoms with E-state index >= 15 is 0 Å². The summed E-state index contributed by atoms with van der Waals surface area (Å²) in [4.78, 5) is 15.6. The Bertz CT molecular complexity index is 420. The second kappa shape index (κ2) is 6.02. The fourth-order valence-electron chi connectivity index (χ4n) is 2.05. The highest BCUT2D eigenvalue weighted by Gasteiger charge is 2.20. The lowest BCUT2D eigenvalue weighted by molar-refractivity contribution is 0.118. The van der Waals surface area contributed by atoms with Crippen LogP contribution < -0.4 is 10.6 Å². The lowest BCUT2D eigenvalue weighted by Gasteiger charge is -2.26. The Labute approximate surface area is 111 Å². The first kappa shape index (κ1) is 13.1. The number of pyridine rings is 1. The zero-order valence-electron chi connectivity index (χ0n) is 9.90. The van der Waals surface area contributed by atoms with Gasteiger partial charge in [-0.2, -0.15) is 0 Å². The minimum atomic E-state index is -0.263. The molecular weight excluding hydrogens is 254 g/mol. The molecule has 98 valence electrons. The highest BCUT2D eigenvalue weighted by molar-refractivity contribution is 6.30. The van der Waals surface area contributed by atoms with Gasteiger partial charge in [-0.05, 0) is 31.7 Å². The van der Waals surface area contributed by atoms with Crippen molar-refractivity contribution in [3.63, 3.8) is 0 Å². The zero-order chi connectivity index (χ0) is 13.0. The molecule has 0 bridgehead atoms. The molecule has 0 radical (unpaired) electrons. The second-order valence-corrected chi connectivity index (χ2v) is 4.93. The zero-order valence-corrected chi connectivity index (χ0v) is 10.7. The standard InChI is InChI=1S/C12H16ClN3O2/c13-8-5-10(7-14-6-8)16-12(18)15-9-1-3-11(17)4-2-9/h5-7,9,11,17H,1-4H2,(H2,15,16,18). The van der Waals surface area contributed by atoms with Crippen molar-refractivity contribution >= 4 is 23.3 Å². The molecule has 1 aliphatic carbocycles. The highest BCUT2D eigenvalue weighted by Crippen LogP contribution is 2.18. The van der Waals surface area contributed by atoms with E-state index in [4.69, 9.17) is 11.6 Å². The first-order valence-corrected chi connectivity index (χ1v) is 6.37. The molecule has 1 saturated carbocycles. The average Bonchev–Trinajstić information content (AvgIpc) is 2.32. The number of hydrogen-bond donors (Lipinski definition) is 3. The van der Waals surface area contributed by atoms with E-state index in [1.54, 1.807) is 6.07 Å². The molecule has 1 aromatic rings. The Balaban J connectivity index is 1.82. The molecule has 0 saturated heterocycles. The number of carbonyl (C=O) groups excluding carboxylic acids is 1. The largest absolute Gasteiger partial charge is 0.393 e. The third-order valence-corrected chi connectivity index (χ3v) is 3.20. The van der Waals surface area contributed by atoms with Crippen LogP contribution in [0.15, 0.2) is 18.5 Å².